The molecule has 1 unspecified atom stereocenters. The fourth-order valence-corrected chi connectivity index (χ4v) is 4.23. The van der Waals surface area contributed by atoms with E-state index < -0.39 is 21.6 Å². The first-order chi connectivity index (χ1) is 8.80. The van der Waals surface area contributed by atoms with Crippen LogP contribution in [0.1, 0.15) is 16.8 Å². The van der Waals surface area contributed by atoms with Crippen molar-refractivity contribution in [2.75, 3.05) is 18.6 Å². The monoisotopic (exact) mass is 349 g/mol. The van der Waals surface area contributed by atoms with Crippen molar-refractivity contribution in [3.05, 3.63) is 34.1 Å². The molecular formula is C12H13BrFNO3S. The van der Waals surface area contributed by atoms with Crippen molar-refractivity contribution >= 4 is 31.7 Å². The van der Waals surface area contributed by atoms with Crippen LogP contribution in [0.25, 0.3) is 0 Å². The van der Waals surface area contributed by atoms with E-state index in [4.69, 9.17) is 0 Å². The van der Waals surface area contributed by atoms with Gasteiger partial charge in [0.05, 0.1) is 17.1 Å². The quantitative estimate of drug-likeness (QED) is 0.818. The molecule has 1 atom stereocenters. The number of rotatable bonds is 2. The molecule has 4 nitrogen and oxygen atoms in total. The summed E-state index contributed by atoms with van der Waals surface area (Å²) in [7, 11) is -1.56. The highest BCUT2D eigenvalue weighted by molar-refractivity contribution is 9.10. The second kappa shape index (κ2) is 5.20. The third-order valence-electron chi connectivity index (χ3n) is 3.24. The molecule has 2 rings (SSSR count). The SMILES string of the molecule is CN(C(=O)c1cc(Br)ccc1F)C1CCS(=O)(=O)C1. The fraction of sp³-hybridized carbons (Fsp3) is 0.417. The van der Waals surface area contributed by atoms with Crippen LogP contribution >= 0.6 is 15.9 Å². The molecule has 1 amide bonds. The summed E-state index contributed by atoms with van der Waals surface area (Å²) < 4.78 is 37.0. The molecule has 1 aliphatic heterocycles. The first-order valence-corrected chi connectivity index (χ1v) is 8.34. The van der Waals surface area contributed by atoms with E-state index in [2.05, 4.69) is 15.9 Å². The van der Waals surface area contributed by atoms with Crippen LogP contribution in [0.15, 0.2) is 22.7 Å². The van der Waals surface area contributed by atoms with Gasteiger partial charge in [-0.25, -0.2) is 12.8 Å². The lowest BCUT2D eigenvalue weighted by molar-refractivity contribution is 0.0743. The van der Waals surface area contributed by atoms with Gasteiger partial charge in [-0.15, -0.1) is 0 Å². The number of amides is 1. The predicted molar refractivity (Wildman–Crippen MR) is 73.3 cm³/mol. The Morgan fingerprint density at radius 2 is 2.16 bits per heavy atom. The third-order valence-corrected chi connectivity index (χ3v) is 5.48. The van der Waals surface area contributed by atoms with E-state index in [0.717, 1.165) is 0 Å². The van der Waals surface area contributed by atoms with E-state index in [1.807, 2.05) is 0 Å². The Morgan fingerprint density at radius 3 is 2.74 bits per heavy atom. The highest BCUT2D eigenvalue weighted by Gasteiger charge is 2.33. The van der Waals surface area contributed by atoms with Gasteiger partial charge in [0.25, 0.3) is 5.91 Å². The lowest BCUT2D eigenvalue weighted by Gasteiger charge is -2.23. The normalized spacial score (nSPS) is 21.3. The van der Waals surface area contributed by atoms with Crippen molar-refractivity contribution in [1.82, 2.24) is 4.90 Å². The molecule has 1 saturated heterocycles. The maximum Gasteiger partial charge on any atom is 0.256 e. The number of halogens is 2. The molecule has 1 aromatic carbocycles. The van der Waals surface area contributed by atoms with Crippen LogP contribution in [0, 0.1) is 5.82 Å². The summed E-state index contributed by atoms with van der Waals surface area (Å²) in [4.78, 5) is 13.5. The van der Waals surface area contributed by atoms with E-state index in [9.17, 15) is 17.6 Å². The average Bonchev–Trinajstić information content (AvgIpc) is 2.71. The van der Waals surface area contributed by atoms with Gasteiger partial charge >= 0.3 is 0 Å². The minimum absolute atomic E-state index is 0.0507. The summed E-state index contributed by atoms with van der Waals surface area (Å²) in [6.45, 7) is 0. The summed E-state index contributed by atoms with van der Waals surface area (Å²) in [5.41, 5.74) is -0.0545. The molecule has 1 fully saturated rings. The molecule has 1 aliphatic rings. The van der Waals surface area contributed by atoms with Crippen molar-refractivity contribution in [3.8, 4) is 0 Å². The van der Waals surface area contributed by atoms with Gasteiger partial charge in [-0.05, 0) is 24.6 Å². The smallest absolute Gasteiger partial charge is 0.256 e. The van der Waals surface area contributed by atoms with E-state index in [1.54, 1.807) is 0 Å². The predicted octanol–water partition coefficient (Wildman–Crippen LogP) is 1.85. The fourth-order valence-electron chi connectivity index (χ4n) is 2.10. The molecule has 0 saturated carbocycles. The zero-order chi connectivity index (χ0) is 14.2. The number of hydrogen-bond donors (Lipinski definition) is 0. The summed E-state index contributed by atoms with van der Waals surface area (Å²) in [6, 6.07) is 3.73. The van der Waals surface area contributed by atoms with Gasteiger partial charge < -0.3 is 4.90 Å². The van der Waals surface area contributed by atoms with Gasteiger partial charge in [0, 0.05) is 17.6 Å². The Bertz CT molecular complexity index is 617. The number of sulfone groups is 1. The van der Waals surface area contributed by atoms with Crippen molar-refractivity contribution in [1.29, 1.82) is 0 Å². The summed E-state index contributed by atoms with van der Waals surface area (Å²) in [5.74, 6) is -1.08. The third kappa shape index (κ3) is 3.14. The van der Waals surface area contributed by atoms with Crippen molar-refractivity contribution in [2.24, 2.45) is 0 Å². The maximum atomic E-state index is 13.6. The largest absolute Gasteiger partial charge is 0.338 e. The molecular weight excluding hydrogens is 337 g/mol. The van der Waals surface area contributed by atoms with Gasteiger partial charge in [0.15, 0.2) is 9.84 Å². The second-order valence-corrected chi connectivity index (χ2v) is 7.74. The summed E-state index contributed by atoms with van der Waals surface area (Å²) in [6.07, 6.45) is 0.403. The molecule has 104 valence electrons. The van der Waals surface area contributed by atoms with E-state index in [1.165, 1.54) is 30.1 Å². The van der Waals surface area contributed by atoms with E-state index in [-0.39, 0.29) is 23.1 Å². The van der Waals surface area contributed by atoms with Crippen LogP contribution in [0.3, 0.4) is 0 Å². The number of benzene rings is 1. The van der Waals surface area contributed by atoms with Crippen LogP contribution in [0.2, 0.25) is 0 Å². The standard InChI is InChI=1S/C12H13BrFNO3S/c1-15(9-4-5-19(17,18)7-9)12(16)10-6-8(13)2-3-11(10)14/h2-3,6,9H,4-5,7H2,1H3. The first kappa shape index (κ1) is 14.5. The molecule has 0 spiro atoms. The van der Waals surface area contributed by atoms with Gasteiger partial charge in [0.2, 0.25) is 0 Å². The Hall–Kier alpha value is -0.950. The molecule has 0 radical (unpaired) electrons. The number of carbonyl (C=O) groups excluding carboxylic acids is 1. The Balaban J connectivity index is 2.22. The summed E-state index contributed by atoms with van der Waals surface area (Å²) >= 11 is 3.18. The minimum Gasteiger partial charge on any atom is -0.338 e. The van der Waals surface area contributed by atoms with E-state index in [0.29, 0.717) is 10.9 Å². The summed E-state index contributed by atoms with van der Waals surface area (Å²) in [5, 5.41) is 0. The lowest BCUT2D eigenvalue weighted by Crippen LogP contribution is -2.38. The number of carbonyl (C=O) groups is 1. The first-order valence-electron chi connectivity index (χ1n) is 5.73. The zero-order valence-electron chi connectivity index (χ0n) is 10.3. The molecule has 1 heterocycles. The van der Waals surface area contributed by atoms with Crippen LogP contribution in [0.4, 0.5) is 4.39 Å². The molecule has 0 aliphatic carbocycles. The topological polar surface area (TPSA) is 54.5 Å². The van der Waals surface area contributed by atoms with Crippen molar-refractivity contribution in [3.63, 3.8) is 0 Å². The minimum atomic E-state index is -3.07. The van der Waals surface area contributed by atoms with Crippen molar-refractivity contribution < 1.29 is 17.6 Å². The second-order valence-electron chi connectivity index (χ2n) is 4.60. The van der Waals surface area contributed by atoms with Crippen molar-refractivity contribution in [2.45, 2.75) is 12.5 Å². The molecule has 1 aromatic rings. The maximum absolute atomic E-state index is 13.6. The molecule has 19 heavy (non-hydrogen) atoms. The Kier molecular flexibility index (Phi) is 3.96. The van der Waals surface area contributed by atoms with Gasteiger partial charge in [0.1, 0.15) is 5.82 Å². The van der Waals surface area contributed by atoms with Crippen LogP contribution in [-0.4, -0.2) is 43.8 Å². The van der Waals surface area contributed by atoms with Gasteiger partial charge in [-0.1, -0.05) is 15.9 Å². The van der Waals surface area contributed by atoms with Crippen LogP contribution in [0.5, 0.6) is 0 Å². The molecule has 0 bridgehead atoms. The lowest BCUT2D eigenvalue weighted by atomic mass is 10.1. The number of hydrogen-bond acceptors (Lipinski definition) is 3. The van der Waals surface area contributed by atoms with Gasteiger partial charge in [-0.3, -0.25) is 4.79 Å². The molecule has 0 N–H and O–H groups in total. The highest BCUT2D eigenvalue weighted by Crippen LogP contribution is 2.21. The average molecular weight is 350 g/mol. The van der Waals surface area contributed by atoms with Crippen LogP contribution in [-0.2, 0) is 9.84 Å². The van der Waals surface area contributed by atoms with Gasteiger partial charge in [-0.2, -0.15) is 0 Å². The Morgan fingerprint density at radius 1 is 1.47 bits per heavy atom. The number of nitrogens with zero attached hydrogens (tertiary/aromatic N) is 1. The van der Waals surface area contributed by atoms with Crippen LogP contribution < -0.4 is 0 Å². The molecule has 7 heteroatoms. The molecule has 0 aromatic heterocycles. The Labute approximate surface area is 119 Å². The highest BCUT2D eigenvalue weighted by atomic mass is 79.9. The zero-order valence-corrected chi connectivity index (χ0v) is 12.7. The van der Waals surface area contributed by atoms with E-state index >= 15 is 0 Å².